The van der Waals surface area contributed by atoms with Crippen LogP contribution in [-0.4, -0.2) is 17.0 Å². The number of thioether (sulfide) groups is 1. The van der Waals surface area contributed by atoms with Crippen molar-refractivity contribution in [2.45, 2.75) is 18.1 Å². The van der Waals surface area contributed by atoms with Gasteiger partial charge in [0.05, 0.1) is 28.9 Å². The summed E-state index contributed by atoms with van der Waals surface area (Å²) < 4.78 is 0. The third-order valence-corrected chi connectivity index (χ3v) is 4.78. The Morgan fingerprint density at radius 3 is 3.00 bits per heavy atom. The van der Waals surface area contributed by atoms with Gasteiger partial charge in [0.15, 0.2) is 5.17 Å². The second-order valence-electron chi connectivity index (χ2n) is 4.57. The summed E-state index contributed by atoms with van der Waals surface area (Å²) in [5.74, 6) is 0.846. The van der Waals surface area contributed by atoms with Crippen LogP contribution in [0.4, 0.5) is 5.69 Å². The molecule has 1 atom stereocenters. The molecule has 0 radical (unpaired) electrons. The van der Waals surface area contributed by atoms with E-state index in [1.807, 2.05) is 0 Å². The molecule has 0 aromatic heterocycles. The molecule has 1 saturated carbocycles. The molecule has 1 aliphatic carbocycles. The Morgan fingerprint density at radius 1 is 1.44 bits per heavy atom. The summed E-state index contributed by atoms with van der Waals surface area (Å²) in [5, 5.41) is 14.3. The van der Waals surface area contributed by atoms with Crippen LogP contribution in [0.15, 0.2) is 23.2 Å². The molecule has 5 heteroatoms. The van der Waals surface area contributed by atoms with Gasteiger partial charge in [0, 0.05) is 5.25 Å². The van der Waals surface area contributed by atoms with Crippen molar-refractivity contribution in [1.82, 2.24) is 0 Å². The van der Waals surface area contributed by atoms with Gasteiger partial charge in [0.2, 0.25) is 0 Å². The average molecular weight is 278 g/mol. The summed E-state index contributed by atoms with van der Waals surface area (Å²) >= 11 is 7.90. The molecular weight excluding hydrogens is 266 g/mol. The number of nitrogens with one attached hydrogen (secondary N) is 1. The maximum Gasteiger partial charge on any atom is 0.161 e. The number of amidine groups is 1. The van der Waals surface area contributed by atoms with Gasteiger partial charge in [0.25, 0.3) is 0 Å². The molecule has 92 valence electrons. The lowest BCUT2D eigenvalue weighted by atomic mass is 10.2. The third-order valence-electron chi connectivity index (χ3n) is 3.16. The Bertz CT molecular complexity index is 546. The topological polar surface area (TPSA) is 48.2 Å². The lowest BCUT2D eigenvalue weighted by Crippen LogP contribution is -2.09. The Labute approximate surface area is 115 Å². The largest absolute Gasteiger partial charge is 0.334 e. The highest BCUT2D eigenvalue weighted by atomic mass is 35.5. The molecule has 1 aliphatic heterocycles. The molecule has 3 nitrogen and oxygen atoms in total. The summed E-state index contributed by atoms with van der Waals surface area (Å²) in [6, 6.07) is 7.32. The van der Waals surface area contributed by atoms with Crippen LogP contribution >= 0.6 is 23.4 Å². The van der Waals surface area contributed by atoms with E-state index in [-0.39, 0.29) is 0 Å². The van der Waals surface area contributed by atoms with E-state index in [2.05, 4.69) is 16.4 Å². The predicted octanol–water partition coefficient (Wildman–Crippen LogP) is 3.50. The molecule has 1 N–H and O–H groups in total. The van der Waals surface area contributed by atoms with Crippen molar-refractivity contribution in [3.8, 4) is 6.07 Å². The van der Waals surface area contributed by atoms with Gasteiger partial charge >= 0.3 is 0 Å². The maximum absolute atomic E-state index is 8.88. The van der Waals surface area contributed by atoms with E-state index >= 15 is 0 Å². The van der Waals surface area contributed by atoms with Crippen LogP contribution in [0.1, 0.15) is 18.4 Å². The van der Waals surface area contributed by atoms with Crippen LogP contribution in [0.3, 0.4) is 0 Å². The number of hydrogen-bond donors (Lipinski definition) is 1. The number of anilines is 1. The summed E-state index contributed by atoms with van der Waals surface area (Å²) in [4.78, 5) is 4.50. The second-order valence-corrected chi connectivity index (χ2v) is 6.21. The minimum Gasteiger partial charge on any atom is -0.334 e. The minimum absolute atomic E-state index is 0.601. The highest BCUT2D eigenvalue weighted by Crippen LogP contribution is 2.42. The summed E-state index contributed by atoms with van der Waals surface area (Å²) in [5.41, 5.74) is 1.36. The number of nitriles is 1. The molecule has 1 aromatic rings. The molecule has 0 spiro atoms. The first-order valence-electron chi connectivity index (χ1n) is 5.94. The third kappa shape index (κ3) is 2.47. The van der Waals surface area contributed by atoms with Crippen LogP contribution in [-0.2, 0) is 0 Å². The molecule has 0 amide bonds. The van der Waals surface area contributed by atoms with E-state index in [0.717, 1.165) is 23.3 Å². The number of benzene rings is 1. The van der Waals surface area contributed by atoms with Crippen molar-refractivity contribution >= 4 is 34.2 Å². The van der Waals surface area contributed by atoms with Crippen LogP contribution in [0.25, 0.3) is 0 Å². The van der Waals surface area contributed by atoms with Gasteiger partial charge in [-0.05, 0) is 37.0 Å². The van der Waals surface area contributed by atoms with Crippen LogP contribution in [0.5, 0.6) is 0 Å². The maximum atomic E-state index is 8.88. The van der Waals surface area contributed by atoms with E-state index in [4.69, 9.17) is 16.9 Å². The lowest BCUT2D eigenvalue weighted by Gasteiger charge is -2.09. The molecule has 0 bridgehead atoms. The van der Waals surface area contributed by atoms with E-state index < -0.39 is 0 Å². The normalized spacial score (nSPS) is 22.4. The highest BCUT2D eigenvalue weighted by Gasteiger charge is 2.35. The summed E-state index contributed by atoms with van der Waals surface area (Å²) in [6.45, 7) is 0.896. The smallest absolute Gasteiger partial charge is 0.161 e. The summed E-state index contributed by atoms with van der Waals surface area (Å²) in [7, 11) is 0. The van der Waals surface area contributed by atoms with Gasteiger partial charge in [-0.15, -0.1) is 0 Å². The van der Waals surface area contributed by atoms with Crippen LogP contribution < -0.4 is 5.32 Å². The zero-order valence-corrected chi connectivity index (χ0v) is 11.3. The Morgan fingerprint density at radius 2 is 2.28 bits per heavy atom. The van der Waals surface area contributed by atoms with Gasteiger partial charge in [-0.25, -0.2) is 0 Å². The molecule has 3 rings (SSSR count). The first-order valence-corrected chi connectivity index (χ1v) is 7.20. The lowest BCUT2D eigenvalue weighted by molar-refractivity contribution is 0.773. The fraction of sp³-hybridized carbons (Fsp3) is 0.385. The van der Waals surface area contributed by atoms with E-state index in [9.17, 15) is 0 Å². The van der Waals surface area contributed by atoms with Crippen molar-refractivity contribution in [1.29, 1.82) is 5.26 Å². The van der Waals surface area contributed by atoms with Crippen LogP contribution in [0, 0.1) is 17.2 Å². The molecule has 1 heterocycles. The van der Waals surface area contributed by atoms with Crippen molar-refractivity contribution < 1.29 is 0 Å². The minimum atomic E-state index is 0.601. The number of nitrogens with zero attached hydrogens (tertiary/aromatic N) is 2. The van der Waals surface area contributed by atoms with Gasteiger partial charge in [-0.2, -0.15) is 5.26 Å². The Hall–Kier alpha value is -1.18. The number of hydrogen-bond acceptors (Lipinski definition) is 4. The molecule has 1 unspecified atom stereocenters. The Balaban J connectivity index is 1.71. The average Bonchev–Trinajstić information content (AvgIpc) is 3.13. The van der Waals surface area contributed by atoms with Gasteiger partial charge in [-0.3, -0.25) is 4.99 Å². The molecule has 1 aromatic carbocycles. The highest BCUT2D eigenvalue weighted by molar-refractivity contribution is 8.15. The van der Waals surface area contributed by atoms with E-state index in [0.29, 0.717) is 15.8 Å². The predicted molar refractivity (Wildman–Crippen MR) is 76.2 cm³/mol. The van der Waals surface area contributed by atoms with E-state index in [1.54, 1.807) is 30.0 Å². The van der Waals surface area contributed by atoms with Gasteiger partial charge in [-0.1, -0.05) is 23.4 Å². The standard InChI is InChI=1S/C13H12ClN3S/c14-10-4-1-8(6-15)5-11(10)17-13-16-7-12(18-13)9-2-3-9/h1,4-5,9,12H,2-3,7H2,(H,16,17). The fourth-order valence-electron chi connectivity index (χ4n) is 1.98. The fourth-order valence-corrected chi connectivity index (χ4v) is 3.36. The first kappa shape index (κ1) is 11.9. The zero-order valence-electron chi connectivity index (χ0n) is 9.69. The van der Waals surface area contributed by atoms with Gasteiger partial charge < -0.3 is 5.32 Å². The second kappa shape index (κ2) is 4.83. The first-order chi connectivity index (χ1) is 8.76. The zero-order chi connectivity index (χ0) is 12.5. The number of rotatable bonds is 2. The van der Waals surface area contributed by atoms with E-state index in [1.165, 1.54) is 12.8 Å². The van der Waals surface area contributed by atoms with Gasteiger partial charge in [0.1, 0.15) is 0 Å². The SMILES string of the molecule is N#Cc1ccc(Cl)c(NC2=NCC(C3CC3)S2)c1. The molecule has 2 aliphatic rings. The monoisotopic (exact) mass is 277 g/mol. The Kier molecular flexibility index (Phi) is 3.19. The molecule has 1 fully saturated rings. The molecule has 0 saturated heterocycles. The summed E-state index contributed by atoms with van der Waals surface area (Å²) in [6.07, 6.45) is 2.68. The van der Waals surface area contributed by atoms with Crippen molar-refractivity contribution in [3.05, 3.63) is 28.8 Å². The molecule has 18 heavy (non-hydrogen) atoms. The molecular formula is C13H12ClN3S. The number of aliphatic imine (C=N–C) groups is 1. The quantitative estimate of drug-likeness (QED) is 0.900. The van der Waals surface area contributed by atoms with Crippen molar-refractivity contribution in [2.75, 3.05) is 11.9 Å². The van der Waals surface area contributed by atoms with Crippen molar-refractivity contribution in [2.24, 2.45) is 10.9 Å². The van der Waals surface area contributed by atoms with Crippen LogP contribution in [0.2, 0.25) is 5.02 Å². The van der Waals surface area contributed by atoms with Crippen molar-refractivity contribution in [3.63, 3.8) is 0 Å². The number of halogens is 1.